The third kappa shape index (κ3) is 3.19. The normalized spacial score (nSPS) is 27.9. The van der Waals surface area contributed by atoms with Crippen LogP contribution in [0.4, 0.5) is 0 Å². The van der Waals surface area contributed by atoms with E-state index < -0.39 is 11.3 Å². The molecule has 1 aromatic rings. The molecule has 1 aliphatic carbocycles. The van der Waals surface area contributed by atoms with Crippen LogP contribution in [0, 0.1) is 11.3 Å². The molecule has 2 bridgehead atoms. The molecular formula is C22H30N4O3. The highest BCUT2D eigenvalue weighted by Crippen LogP contribution is 2.48. The highest BCUT2D eigenvalue weighted by atomic mass is 16.2. The van der Waals surface area contributed by atoms with E-state index in [2.05, 4.69) is 11.0 Å². The first-order chi connectivity index (χ1) is 14.0. The Balaban J connectivity index is 1.37. The highest BCUT2D eigenvalue weighted by molar-refractivity contribution is 6.07. The molecule has 2 saturated heterocycles. The molecule has 0 unspecified atom stereocenters. The quantitative estimate of drug-likeness (QED) is 0.768. The van der Waals surface area contributed by atoms with Crippen LogP contribution in [-0.4, -0.2) is 52.4 Å². The maximum Gasteiger partial charge on any atom is 0.255 e. The van der Waals surface area contributed by atoms with Gasteiger partial charge in [0.1, 0.15) is 5.41 Å². The van der Waals surface area contributed by atoms with Gasteiger partial charge in [0.25, 0.3) is 5.56 Å². The molecule has 2 amide bonds. The lowest BCUT2D eigenvalue weighted by Gasteiger charge is -2.43. The van der Waals surface area contributed by atoms with Crippen LogP contribution in [0.25, 0.3) is 0 Å². The molecule has 4 heterocycles. The van der Waals surface area contributed by atoms with Gasteiger partial charge in [-0.3, -0.25) is 19.3 Å². The summed E-state index contributed by atoms with van der Waals surface area (Å²) >= 11 is 0. The Labute approximate surface area is 170 Å². The standard InChI is InChI=1S/C22H30N4O3/c23-20(28)22(6-7-22)21(29)25-11-15-10-17(14-25)18-5-4-16(19(27)26(18)12-15)13-24-8-2-1-3-9-24/h4-5,15,17H,1-3,6-14H2,(H2,23,28)/t15-,17+/m0/s1. The van der Waals surface area contributed by atoms with E-state index in [1.165, 1.54) is 19.3 Å². The van der Waals surface area contributed by atoms with Gasteiger partial charge in [-0.05, 0) is 57.2 Å². The Kier molecular flexibility index (Phi) is 4.53. The summed E-state index contributed by atoms with van der Waals surface area (Å²) in [6.07, 6.45) is 5.86. The van der Waals surface area contributed by atoms with Crippen molar-refractivity contribution in [2.45, 2.75) is 57.5 Å². The minimum absolute atomic E-state index is 0.0998. The number of rotatable bonds is 4. The number of hydrogen-bond acceptors (Lipinski definition) is 4. The summed E-state index contributed by atoms with van der Waals surface area (Å²) in [5.74, 6) is -0.168. The fourth-order valence-electron chi connectivity index (χ4n) is 5.63. The fraction of sp³-hybridized carbons (Fsp3) is 0.682. The summed E-state index contributed by atoms with van der Waals surface area (Å²) in [6, 6.07) is 4.09. The van der Waals surface area contributed by atoms with Crippen LogP contribution in [0.2, 0.25) is 0 Å². The van der Waals surface area contributed by atoms with E-state index in [4.69, 9.17) is 5.73 Å². The van der Waals surface area contributed by atoms with Gasteiger partial charge in [0.2, 0.25) is 11.8 Å². The molecule has 0 aromatic carbocycles. The molecule has 7 nitrogen and oxygen atoms in total. The third-order valence-electron chi connectivity index (χ3n) is 7.44. The maximum atomic E-state index is 13.2. The summed E-state index contributed by atoms with van der Waals surface area (Å²) in [5.41, 5.74) is 6.61. The number of amides is 2. The summed E-state index contributed by atoms with van der Waals surface area (Å²) in [5, 5.41) is 0. The SMILES string of the molecule is NC(=O)C1(C(=O)N2C[C@@H]3C[C@H](C2)c2ccc(CN4CCCCC4)c(=O)n2C3)CC1. The zero-order valence-electron chi connectivity index (χ0n) is 16.9. The van der Waals surface area contributed by atoms with Crippen LogP contribution in [0.15, 0.2) is 16.9 Å². The second kappa shape index (κ2) is 6.97. The number of aromatic nitrogens is 1. The first-order valence-electron chi connectivity index (χ1n) is 11.0. The molecule has 29 heavy (non-hydrogen) atoms. The number of carbonyl (C=O) groups excluding carboxylic acids is 2. The van der Waals surface area contributed by atoms with Crippen molar-refractivity contribution in [2.75, 3.05) is 26.2 Å². The predicted molar refractivity (Wildman–Crippen MR) is 108 cm³/mol. The molecule has 0 radical (unpaired) electrons. The number of likely N-dealkylation sites (tertiary alicyclic amines) is 2. The van der Waals surface area contributed by atoms with E-state index in [9.17, 15) is 14.4 Å². The van der Waals surface area contributed by atoms with Gasteiger partial charge in [-0.15, -0.1) is 0 Å². The predicted octanol–water partition coefficient (Wildman–Crippen LogP) is 1.05. The molecule has 2 atom stereocenters. The van der Waals surface area contributed by atoms with E-state index >= 15 is 0 Å². The van der Waals surface area contributed by atoms with Crippen molar-refractivity contribution in [3.05, 3.63) is 33.7 Å². The lowest BCUT2D eigenvalue weighted by atomic mass is 9.82. The minimum atomic E-state index is -0.955. The Bertz CT molecular complexity index is 898. The number of piperidine rings is 2. The summed E-state index contributed by atoms with van der Waals surface area (Å²) in [4.78, 5) is 42.2. The van der Waals surface area contributed by atoms with Crippen molar-refractivity contribution in [3.63, 3.8) is 0 Å². The Morgan fingerprint density at radius 2 is 1.83 bits per heavy atom. The lowest BCUT2D eigenvalue weighted by Crippen LogP contribution is -2.53. The average Bonchev–Trinajstić information content (AvgIpc) is 3.53. The Morgan fingerprint density at radius 3 is 2.52 bits per heavy atom. The van der Waals surface area contributed by atoms with Gasteiger partial charge in [-0.25, -0.2) is 0 Å². The molecule has 7 heteroatoms. The van der Waals surface area contributed by atoms with Gasteiger partial charge in [0.05, 0.1) is 0 Å². The van der Waals surface area contributed by atoms with E-state index in [-0.39, 0.29) is 23.3 Å². The summed E-state index contributed by atoms with van der Waals surface area (Å²) < 4.78 is 1.96. The summed E-state index contributed by atoms with van der Waals surface area (Å²) in [6.45, 7) is 4.74. The van der Waals surface area contributed by atoms with Crippen molar-refractivity contribution in [1.82, 2.24) is 14.4 Å². The number of hydrogen-bond donors (Lipinski definition) is 1. The number of fused-ring (bicyclic) bond motifs is 4. The lowest BCUT2D eigenvalue weighted by molar-refractivity contribution is -0.145. The van der Waals surface area contributed by atoms with Crippen LogP contribution in [0.5, 0.6) is 0 Å². The molecule has 4 aliphatic rings. The number of nitrogens with zero attached hydrogens (tertiary/aromatic N) is 3. The molecule has 5 rings (SSSR count). The van der Waals surface area contributed by atoms with Crippen LogP contribution in [0.3, 0.4) is 0 Å². The summed E-state index contributed by atoms with van der Waals surface area (Å²) in [7, 11) is 0. The molecule has 156 valence electrons. The molecule has 0 spiro atoms. The Hall–Kier alpha value is -2.15. The first kappa shape index (κ1) is 18.9. The Morgan fingerprint density at radius 1 is 1.07 bits per heavy atom. The smallest absolute Gasteiger partial charge is 0.255 e. The number of primary amides is 1. The average molecular weight is 399 g/mol. The molecule has 2 N–H and O–H groups in total. The third-order valence-corrected chi connectivity index (χ3v) is 7.44. The molecular weight excluding hydrogens is 368 g/mol. The molecule has 1 saturated carbocycles. The fourth-order valence-corrected chi connectivity index (χ4v) is 5.63. The maximum absolute atomic E-state index is 13.2. The van der Waals surface area contributed by atoms with Gasteiger partial charge in [0, 0.05) is 43.4 Å². The van der Waals surface area contributed by atoms with Crippen LogP contribution >= 0.6 is 0 Å². The highest BCUT2D eigenvalue weighted by Gasteiger charge is 2.57. The van der Waals surface area contributed by atoms with Crippen molar-refractivity contribution < 1.29 is 9.59 Å². The van der Waals surface area contributed by atoms with E-state index in [0.29, 0.717) is 32.5 Å². The van der Waals surface area contributed by atoms with E-state index in [0.717, 1.165) is 37.3 Å². The number of nitrogens with two attached hydrogens (primary N) is 1. The molecule has 1 aromatic heterocycles. The monoisotopic (exact) mass is 398 g/mol. The minimum Gasteiger partial charge on any atom is -0.369 e. The van der Waals surface area contributed by atoms with E-state index in [1.807, 2.05) is 15.5 Å². The van der Waals surface area contributed by atoms with Gasteiger partial charge >= 0.3 is 0 Å². The second-order valence-electron chi connectivity index (χ2n) is 9.49. The van der Waals surface area contributed by atoms with Gasteiger partial charge in [-0.1, -0.05) is 12.5 Å². The van der Waals surface area contributed by atoms with Crippen molar-refractivity contribution in [1.29, 1.82) is 0 Å². The van der Waals surface area contributed by atoms with Crippen LogP contribution < -0.4 is 11.3 Å². The van der Waals surface area contributed by atoms with Gasteiger partial charge in [0.15, 0.2) is 0 Å². The van der Waals surface area contributed by atoms with Crippen molar-refractivity contribution >= 4 is 11.8 Å². The topological polar surface area (TPSA) is 88.6 Å². The van der Waals surface area contributed by atoms with E-state index in [1.54, 1.807) is 0 Å². The first-order valence-corrected chi connectivity index (χ1v) is 11.0. The number of carbonyl (C=O) groups is 2. The largest absolute Gasteiger partial charge is 0.369 e. The molecule has 3 aliphatic heterocycles. The van der Waals surface area contributed by atoms with Crippen LogP contribution in [0.1, 0.15) is 55.7 Å². The van der Waals surface area contributed by atoms with Crippen molar-refractivity contribution in [3.8, 4) is 0 Å². The number of pyridine rings is 1. The van der Waals surface area contributed by atoms with Gasteiger partial charge in [-0.2, -0.15) is 0 Å². The van der Waals surface area contributed by atoms with Crippen molar-refractivity contribution in [2.24, 2.45) is 17.1 Å². The van der Waals surface area contributed by atoms with Gasteiger partial charge < -0.3 is 15.2 Å². The van der Waals surface area contributed by atoms with Crippen LogP contribution in [-0.2, 0) is 22.7 Å². The zero-order valence-corrected chi connectivity index (χ0v) is 16.9. The zero-order chi connectivity index (χ0) is 20.2. The second-order valence-corrected chi connectivity index (χ2v) is 9.49. The molecule has 3 fully saturated rings.